The number of hydrogen-bond acceptors (Lipinski definition) is 3. The van der Waals surface area contributed by atoms with Gasteiger partial charge in [0.2, 0.25) is 0 Å². The summed E-state index contributed by atoms with van der Waals surface area (Å²) in [5.74, 6) is 0.976. The number of carbonyl (C=O) groups is 1. The minimum atomic E-state index is -0.439. The second-order valence-corrected chi connectivity index (χ2v) is 5.16. The Labute approximate surface area is 116 Å². The predicted molar refractivity (Wildman–Crippen MR) is 78.9 cm³/mol. The van der Waals surface area contributed by atoms with Crippen molar-refractivity contribution in [1.29, 1.82) is 0 Å². The smallest absolute Gasteiger partial charge is 0.170 e. The van der Waals surface area contributed by atoms with Gasteiger partial charge in [0.1, 0.15) is 5.75 Å². The van der Waals surface area contributed by atoms with Crippen molar-refractivity contribution in [1.82, 2.24) is 0 Å². The third-order valence-electron chi connectivity index (χ3n) is 4.21. The van der Waals surface area contributed by atoms with E-state index in [0.717, 1.165) is 35.3 Å². The molecule has 2 N–H and O–H groups in total. The monoisotopic (exact) mass is 263 g/mol. The Balaban J connectivity index is 3.30. The van der Waals surface area contributed by atoms with Gasteiger partial charge in [-0.3, -0.25) is 4.79 Å². The van der Waals surface area contributed by atoms with Gasteiger partial charge in [-0.15, -0.1) is 0 Å². The molecule has 0 amide bonds. The molecule has 1 rings (SSSR count). The van der Waals surface area contributed by atoms with Crippen LogP contribution in [0.5, 0.6) is 5.75 Å². The molecule has 0 atom stereocenters. The van der Waals surface area contributed by atoms with Crippen LogP contribution in [-0.2, 0) is 0 Å². The molecule has 3 nitrogen and oxygen atoms in total. The Morgan fingerprint density at radius 1 is 1.21 bits per heavy atom. The van der Waals surface area contributed by atoms with Gasteiger partial charge in [0.25, 0.3) is 0 Å². The summed E-state index contributed by atoms with van der Waals surface area (Å²) < 4.78 is 5.29. The molecule has 0 fully saturated rings. The Morgan fingerprint density at radius 2 is 1.79 bits per heavy atom. The molecule has 0 spiro atoms. The van der Waals surface area contributed by atoms with E-state index < -0.39 is 5.41 Å². The minimum Gasteiger partial charge on any atom is -0.496 e. The fourth-order valence-corrected chi connectivity index (χ4v) is 2.49. The molecule has 0 aliphatic rings. The lowest BCUT2D eigenvalue weighted by atomic mass is 9.75. The van der Waals surface area contributed by atoms with Gasteiger partial charge < -0.3 is 10.5 Å². The first-order valence-corrected chi connectivity index (χ1v) is 6.85. The van der Waals surface area contributed by atoms with E-state index in [4.69, 9.17) is 10.5 Å². The van der Waals surface area contributed by atoms with Crippen LogP contribution in [0.1, 0.15) is 48.2 Å². The Hall–Kier alpha value is -1.35. The number of ketones is 1. The molecule has 0 bridgehead atoms. The van der Waals surface area contributed by atoms with E-state index in [1.165, 1.54) is 0 Å². The molecule has 0 saturated heterocycles. The number of benzene rings is 1. The van der Waals surface area contributed by atoms with Crippen molar-refractivity contribution in [3.63, 3.8) is 0 Å². The average molecular weight is 263 g/mol. The van der Waals surface area contributed by atoms with Gasteiger partial charge in [-0.25, -0.2) is 0 Å². The fourth-order valence-electron chi connectivity index (χ4n) is 2.49. The summed E-state index contributed by atoms with van der Waals surface area (Å²) in [4.78, 5) is 12.8. The lowest BCUT2D eigenvalue weighted by Gasteiger charge is -2.29. The molecule has 0 aliphatic heterocycles. The highest BCUT2D eigenvalue weighted by Crippen LogP contribution is 2.33. The summed E-state index contributed by atoms with van der Waals surface area (Å²) in [5.41, 5.74) is 8.13. The van der Waals surface area contributed by atoms with Gasteiger partial charge in [-0.1, -0.05) is 13.8 Å². The number of ether oxygens (including phenoxy) is 1. The molecule has 1 aromatic carbocycles. The molecule has 19 heavy (non-hydrogen) atoms. The van der Waals surface area contributed by atoms with Crippen LogP contribution in [0.2, 0.25) is 0 Å². The van der Waals surface area contributed by atoms with Gasteiger partial charge in [-0.2, -0.15) is 0 Å². The third-order valence-corrected chi connectivity index (χ3v) is 4.21. The molecule has 0 aromatic heterocycles. The topological polar surface area (TPSA) is 52.3 Å². The van der Waals surface area contributed by atoms with E-state index >= 15 is 0 Å². The molecule has 0 radical (unpaired) electrons. The number of aryl methyl sites for hydroxylation is 2. The van der Waals surface area contributed by atoms with Crippen molar-refractivity contribution < 1.29 is 9.53 Å². The predicted octanol–water partition coefficient (Wildman–Crippen LogP) is 3.26. The number of hydrogen-bond donors (Lipinski definition) is 1. The number of Topliss-reactive ketones (excluding diaryl/α,β-unsaturated/α-hetero) is 1. The van der Waals surface area contributed by atoms with Crippen molar-refractivity contribution in [3.8, 4) is 5.75 Å². The second kappa shape index (κ2) is 6.20. The standard InChI is InChI=1S/C16H25NO2/c1-6-16(7-2,10-17)15(18)13-8-12(4)14(19-5)9-11(13)3/h8-9H,6-7,10,17H2,1-5H3. The second-order valence-electron chi connectivity index (χ2n) is 5.16. The highest BCUT2D eigenvalue weighted by molar-refractivity contribution is 6.02. The van der Waals surface area contributed by atoms with E-state index in [9.17, 15) is 4.79 Å². The van der Waals surface area contributed by atoms with Crippen LogP contribution in [0.15, 0.2) is 12.1 Å². The number of rotatable bonds is 6. The molecule has 3 heteroatoms. The minimum absolute atomic E-state index is 0.156. The van der Waals surface area contributed by atoms with Gasteiger partial charge in [0.05, 0.1) is 7.11 Å². The molecule has 0 saturated carbocycles. The first-order chi connectivity index (χ1) is 8.95. The molecule has 106 valence electrons. The first kappa shape index (κ1) is 15.7. The Bertz CT molecular complexity index is 454. The fraction of sp³-hybridized carbons (Fsp3) is 0.562. The summed E-state index contributed by atoms with van der Waals surface area (Å²) >= 11 is 0. The van der Waals surface area contributed by atoms with Crippen LogP contribution in [0.3, 0.4) is 0 Å². The third kappa shape index (κ3) is 2.81. The average Bonchev–Trinajstić information content (AvgIpc) is 2.43. The summed E-state index contributed by atoms with van der Waals surface area (Å²) in [6.07, 6.45) is 1.53. The van der Waals surface area contributed by atoms with Crippen LogP contribution in [-0.4, -0.2) is 19.4 Å². The zero-order valence-corrected chi connectivity index (χ0v) is 12.7. The summed E-state index contributed by atoms with van der Waals surface area (Å²) in [6.45, 7) is 8.35. The largest absolute Gasteiger partial charge is 0.496 e. The zero-order chi connectivity index (χ0) is 14.6. The van der Waals surface area contributed by atoms with Crippen molar-refractivity contribution in [2.75, 3.05) is 13.7 Å². The zero-order valence-electron chi connectivity index (χ0n) is 12.7. The van der Waals surface area contributed by atoms with E-state index in [2.05, 4.69) is 0 Å². The van der Waals surface area contributed by atoms with Gasteiger partial charge in [0.15, 0.2) is 5.78 Å². The quantitative estimate of drug-likeness (QED) is 0.801. The van der Waals surface area contributed by atoms with E-state index in [1.807, 2.05) is 39.8 Å². The van der Waals surface area contributed by atoms with E-state index in [-0.39, 0.29) is 5.78 Å². The highest BCUT2D eigenvalue weighted by Gasteiger charge is 2.34. The summed E-state index contributed by atoms with van der Waals surface area (Å²) in [5, 5.41) is 0. The number of methoxy groups -OCH3 is 1. The molecule has 0 heterocycles. The Kier molecular flexibility index (Phi) is 5.12. The maximum atomic E-state index is 12.8. The van der Waals surface area contributed by atoms with Crippen LogP contribution in [0, 0.1) is 19.3 Å². The molecule has 0 aliphatic carbocycles. The molecule has 0 unspecified atom stereocenters. The molecular weight excluding hydrogens is 238 g/mol. The van der Waals surface area contributed by atoms with Gasteiger partial charge >= 0.3 is 0 Å². The molecule has 1 aromatic rings. The van der Waals surface area contributed by atoms with Crippen LogP contribution in [0.4, 0.5) is 0 Å². The SMILES string of the molecule is CCC(CC)(CN)C(=O)c1cc(C)c(OC)cc1C. The lowest BCUT2D eigenvalue weighted by molar-refractivity contribution is 0.0786. The van der Waals surface area contributed by atoms with Crippen molar-refractivity contribution in [3.05, 3.63) is 28.8 Å². The number of carbonyl (C=O) groups excluding carboxylic acids is 1. The number of nitrogens with two attached hydrogens (primary N) is 1. The van der Waals surface area contributed by atoms with E-state index in [0.29, 0.717) is 6.54 Å². The maximum Gasteiger partial charge on any atom is 0.170 e. The highest BCUT2D eigenvalue weighted by atomic mass is 16.5. The van der Waals surface area contributed by atoms with Crippen LogP contribution >= 0.6 is 0 Å². The Morgan fingerprint density at radius 3 is 2.21 bits per heavy atom. The normalized spacial score (nSPS) is 11.5. The van der Waals surface area contributed by atoms with Crippen molar-refractivity contribution in [2.45, 2.75) is 40.5 Å². The van der Waals surface area contributed by atoms with Crippen LogP contribution < -0.4 is 10.5 Å². The summed E-state index contributed by atoms with van der Waals surface area (Å²) in [6, 6.07) is 3.85. The van der Waals surface area contributed by atoms with Crippen molar-refractivity contribution in [2.24, 2.45) is 11.1 Å². The van der Waals surface area contributed by atoms with Crippen LogP contribution in [0.25, 0.3) is 0 Å². The maximum absolute atomic E-state index is 12.8. The first-order valence-electron chi connectivity index (χ1n) is 6.85. The lowest BCUT2D eigenvalue weighted by Crippen LogP contribution is -2.38. The van der Waals surface area contributed by atoms with Gasteiger partial charge in [0, 0.05) is 17.5 Å². The van der Waals surface area contributed by atoms with Crippen molar-refractivity contribution >= 4 is 5.78 Å². The van der Waals surface area contributed by atoms with E-state index in [1.54, 1.807) is 7.11 Å². The molecular formula is C16H25NO2. The van der Waals surface area contributed by atoms with Gasteiger partial charge in [-0.05, 0) is 49.9 Å². The summed E-state index contributed by atoms with van der Waals surface area (Å²) in [7, 11) is 1.64.